The zero-order chi connectivity index (χ0) is 9.97. The summed E-state index contributed by atoms with van der Waals surface area (Å²) in [4.78, 5) is 5.18. The standard InChI is InChI=1S/C8H11N5S/c1-6-11-12-8(13(6)2)10-4-7-3-9-5-14-7/h3,5H,4H2,1-2H3,(H,10,12). The van der Waals surface area contributed by atoms with Crippen LogP contribution in [0.15, 0.2) is 11.7 Å². The number of aromatic nitrogens is 4. The van der Waals surface area contributed by atoms with E-state index in [1.54, 1.807) is 11.3 Å². The monoisotopic (exact) mass is 209 g/mol. The first-order chi connectivity index (χ1) is 6.77. The van der Waals surface area contributed by atoms with Crippen LogP contribution in [-0.2, 0) is 13.6 Å². The SMILES string of the molecule is Cc1nnc(NCc2cncs2)n1C. The molecule has 0 aliphatic rings. The van der Waals surface area contributed by atoms with Gasteiger partial charge in [-0.05, 0) is 6.92 Å². The van der Waals surface area contributed by atoms with Crippen molar-refractivity contribution < 1.29 is 0 Å². The topological polar surface area (TPSA) is 55.6 Å². The molecule has 0 radical (unpaired) electrons. The summed E-state index contributed by atoms with van der Waals surface area (Å²) in [6.07, 6.45) is 1.85. The summed E-state index contributed by atoms with van der Waals surface area (Å²) in [5.41, 5.74) is 1.82. The van der Waals surface area contributed by atoms with Crippen molar-refractivity contribution in [2.24, 2.45) is 7.05 Å². The molecule has 2 rings (SSSR count). The molecule has 0 spiro atoms. The van der Waals surface area contributed by atoms with Gasteiger partial charge >= 0.3 is 0 Å². The van der Waals surface area contributed by atoms with Crippen LogP contribution in [0, 0.1) is 6.92 Å². The van der Waals surface area contributed by atoms with Crippen LogP contribution in [0.5, 0.6) is 0 Å². The molecule has 2 heterocycles. The fraction of sp³-hybridized carbons (Fsp3) is 0.375. The molecule has 14 heavy (non-hydrogen) atoms. The van der Waals surface area contributed by atoms with Crippen LogP contribution < -0.4 is 5.32 Å². The summed E-state index contributed by atoms with van der Waals surface area (Å²) < 4.78 is 1.92. The molecule has 0 bridgehead atoms. The predicted octanol–water partition coefficient (Wildman–Crippen LogP) is 1.19. The highest BCUT2D eigenvalue weighted by atomic mass is 32.1. The third-order valence-corrected chi connectivity index (χ3v) is 2.78. The zero-order valence-electron chi connectivity index (χ0n) is 8.06. The third-order valence-electron chi connectivity index (χ3n) is 2.00. The van der Waals surface area contributed by atoms with Crippen molar-refractivity contribution in [3.05, 3.63) is 22.4 Å². The Morgan fingerprint density at radius 1 is 1.50 bits per heavy atom. The lowest BCUT2D eigenvalue weighted by Crippen LogP contribution is -2.04. The molecule has 2 aromatic rings. The second-order valence-corrected chi connectivity index (χ2v) is 3.92. The van der Waals surface area contributed by atoms with Crippen LogP contribution in [0.4, 0.5) is 5.95 Å². The van der Waals surface area contributed by atoms with Crippen molar-refractivity contribution in [3.8, 4) is 0 Å². The van der Waals surface area contributed by atoms with Gasteiger partial charge in [0.15, 0.2) is 0 Å². The van der Waals surface area contributed by atoms with E-state index in [2.05, 4.69) is 20.5 Å². The van der Waals surface area contributed by atoms with Crippen molar-refractivity contribution in [3.63, 3.8) is 0 Å². The summed E-state index contributed by atoms with van der Waals surface area (Å²) in [6.45, 7) is 2.67. The number of hydrogen-bond acceptors (Lipinski definition) is 5. The van der Waals surface area contributed by atoms with E-state index < -0.39 is 0 Å². The first-order valence-electron chi connectivity index (χ1n) is 4.24. The highest BCUT2D eigenvalue weighted by Gasteiger charge is 2.03. The highest BCUT2D eigenvalue weighted by Crippen LogP contribution is 2.09. The van der Waals surface area contributed by atoms with Gasteiger partial charge in [-0.15, -0.1) is 21.5 Å². The fourth-order valence-electron chi connectivity index (χ4n) is 1.06. The van der Waals surface area contributed by atoms with Crippen LogP contribution in [0.3, 0.4) is 0 Å². The van der Waals surface area contributed by atoms with Crippen LogP contribution in [-0.4, -0.2) is 19.7 Å². The van der Waals surface area contributed by atoms with E-state index in [-0.39, 0.29) is 0 Å². The molecule has 1 N–H and O–H groups in total. The van der Waals surface area contributed by atoms with E-state index in [0.29, 0.717) is 0 Å². The van der Waals surface area contributed by atoms with Crippen LogP contribution >= 0.6 is 11.3 Å². The number of rotatable bonds is 3. The van der Waals surface area contributed by atoms with Gasteiger partial charge < -0.3 is 9.88 Å². The molecule has 0 amide bonds. The Kier molecular flexibility index (Phi) is 2.45. The Balaban J connectivity index is 2.02. The lowest BCUT2D eigenvalue weighted by Gasteiger charge is -2.02. The van der Waals surface area contributed by atoms with Gasteiger partial charge in [-0.1, -0.05) is 0 Å². The first kappa shape index (κ1) is 9.14. The van der Waals surface area contributed by atoms with Crippen molar-refractivity contribution in [1.82, 2.24) is 19.7 Å². The minimum Gasteiger partial charge on any atom is -0.349 e. The van der Waals surface area contributed by atoms with Gasteiger partial charge in [-0.25, -0.2) is 0 Å². The van der Waals surface area contributed by atoms with Gasteiger partial charge in [-0.2, -0.15) is 0 Å². The first-order valence-corrected chi connectivity index (χ1v) is 5.12. The predicted molar refractivity (Wildman–Crippen MR) is 55.2 cm³/mol. The van der Waals surface area contributed by atoms with Crippen LogP contribution in [0.2, 0.25) is 0 Å². The zero-order valence-corrected chi connectivity index (χ0v) is 8.88. The molecule has 0 atom stereocenters. The second kappa shape index (κ2) is 3.75. The molecular weight excluding hydrogens is 198 g/mol. The van der Waals surface area contributed by atoms with E-state index in [4.69, 9.17) is 0 Å². The molecule has 0 aromatic carbocycles. The summed E-state index contributed by atoms with van der Waals surface area (Å²) in [6, 6.07) is 0. The van der Waals surface area contributed by atoms with Crippen molar-refractivity contribution in [2.45, 2.75) is 13.5 Å². The molecule has 0 aliphatic carbocycles. The van der Waals surface area contributed by atoms with Gasteiger partial charge in [0.2, 0.25) is 5.95 Å². The van der Waals surface area contributed by atoms with E-state index >= 15 is 0 Å². The van der Waals surface area contributed by atoms with Gasteiger partial charge in [0.25, 0.3) is 0 Å². The molecule has 0 saturated carbocycles. The van der Waals surface area contributed by atoms with Crippen molar-refractivity contribution in [2.75, 3.05) is 5.32 Å². The lowest BCUT2D eigenvalue weighted by atomic mass is 10.5. The van der Waals surface area contributed by atoms with Crippen molar-refractivity contribution in [1.29, 1.82) is 0 Å². The largest absolute Gasteiger partial charge is 0.349 e. The van der Waals surface area contributed by atoms with Crippen LogP contribution in [0.25, 0.3) is 0 Å². The lowest BCUT2D eigenvalue weighted by molar-refractivity contribution is 0.855. The molecule has 2 aromatic heterocycles. The molecule has 0 saturated heterocycles. The Labute approximate surface area is 85.8 Å². The quantitative estimate of drug-likeness (QED) is 0.825. The van der Waals surface area contributed by atoms with Gasteiger partial charge in [0, 0.05) is 18.1 Å². The average Bonchev–Trinajstić information content (AvgIpc) is 2.77. The summed E-state index contributed by atoms with van der Waals surface area (Å²) in [7, 11) is 1.93. The minimum atomic E-state index is 0.747. The Hall–Kier alpha value is -1.43. The third kappa shape index (κ3) is 1.74. The fourth-order valence-corrected chi connectivity index (χ4v) is 1.59. The van der Waals surface area contributed by atoms with E-state index in [1.165, 1.54) is 4.88 Å². The molecule has 74 valence electrons. The van der Waals surface area contributed by atoms with Crippen molar-refractivity contribution >= 4 is 17.3 Å². The van der Waals surface area contributed by atoms with E-state index in [0.717, 1.165) is 18.3 Å². The minimum absolute atomic E-state index is 0.747. The smallest absolute Gasteiger partial charge is 0.224 e. The highest BCUT2D eigenvalue weighted by molar-refractivity contribution is 7.09. The molecule has 5 nitrogen and oxygen atoms in total. The average molecular weight is 209 g/mol. The van der Waals surface area contributed by atoms with E-state index in [9.17, 15) is 0 Å². The van der Waals surface area contributed by atoms with E-state index in [1.807, 2.05) is 30.2 Å². The van der Waals surface area contributed by atoms with Gasteiger partial charge in [0.1, 0.15) is 5.82 Å². The molecular formula is C8H11N5S. The Morgan fingerprint density at radius 2 is 2.36 bits per heavy atom. The second-order valence-electron chi connectivity index (χ2n) is 2.95. The number of anilines is 1. The number of nitrogens with one attached hydrogen (secondary N) is 1. The summed E-state index contributed by atoms with van der Waals surface area (Å²) in [5, 5.41) is 11.2. The number of thiazole rings is 1. The molecule has 0 unspecified atom stereocenters. The van der Waals surface area contributed by atoms with Gasteiger partial charge in [0.05, 0.1) is 12.1 Å². The summed E-state index contributed by atoms with van der Waals surface area (Å²) in [5.74, 6) is 1.69. The maximum absolute atomic E-state index is 4.00. The molecule has 0 aliphatic heterocycles. The maximum Gasteiger partial charge on any atom is 0.224 e. The molecule has 0 fully saturated rings. The Bertz CT molecular complexity index is 405. The summed E-state index contributed by atoms with van der Waals surface area (Å²) >= 11 is 1.62. The van der Waals surface area contributed by atoms with Crippen LogP contribution in [0.1, 0.15) is 10.7 Å². The number of hydrogen-bond donors (Lipinski definition) is 1. The Morgan fingerprint density at radius 3 is 2.93 bits per heavy atom. The number of aryl methyl sites for hydroxylation is 1. The van der Waals surface area contributed by atoms with Gasteiger partial charge in [-0.3, -0.25) is 4.98 Å². The number of nitrogens with zero attached hydrogens (tertiary/aromatic N) is 4. The normalized spacial score (nSPS) is 10.4. The maximum atomic E-state index is 4.00. The molecule has 6 heteroatoms.